The third kappa shape index (κ3) is 4.75. The number of nitrogens with zero attached hydrogens (tertiary/aromatic N) is 2. The fourth-order valence-corrected chi connectivity index (χ4v) is 4.21. The van der Waals surface area contributed by atoms with Crippen LogP contribution in [0.3, 0.4) is 0 Å². The topological polar surface area (TPSA) is 58.9 Å². The van der Waals surface area contributed by atoms with Gasteiger partial charge in [0.15, 0.2) is 0 Å². The zero-order valence-electron chi connectivity index (χ0n) is 19.1. The number of aliphatic hydroxyl groups excluding tert-OH is 1. The molecule has 2 heterocycles. The van der Waals surface area contributed by atoms with Crippen LogP contribution in [0.25, 0.3) is 38.6 Å². The van der Waals surface area contributed by atoms with Crippen molar-refractivity contribution < 1.29 is 30.0 Å². The van der Waals surface area contributed by atoms with Gasteiger partial charge < -0.3 is 9.51 Å². The molecule has 0 aliphatic rings. The molecule has 169 valence electrons. The van der Waals surface area contributed by atoms with Crippen molar-refractivity contribution in [1.29, 1.82) is 0 Å². The largest absolute Gasteiger partial charge is 0.512 e. The van der Waals surface area contributed by atoms with Crippen LogP contribution < -0.4 is 0 Å². The van der Waals surface area contributed by atoms with Crippen LogP contribution in [0.15, 0.2) is 78.7 Å². The number of ketones is 1. The molecule has 0 aliphatic carbocycles. The first-order valence-corrected chi connectivity index (χ1v) is 10.5. The van der Waals surface area contributed by atoms with Crippen molar-refractivity contribution >= 4 is 33.1 Å². The minimum atomic E-state index is 0. The Balaban J connectivity index is 0.000000337. The van der Waals surface area contributed by atoms with Crippen LogP contribution in [0.2, 0.25) is 0 Å². The summed E-state index contributed by atoms with van der Waals surface area (Å²) in [6.45, 7) is 7.33. The van der Waals surface area contributed by atoms with E-state index in [1.807, 2.05) is 18.3 Å². The number of aryl methyl sites for hydroxylation is 2. The molecule has 0 atom stereocenters. The third-order valence-corrected chi connectivity index (χ3v) is 5.43. The van der Waals surface area contributed by atoms with Gasteiger partial charge in [-0.15, -0.1) is 29.7 Å². The van der Waals surface area contributed by atoms with Gasteiger partial charge in [0, 0.05) is 37.4 Å². The fourth-order valence-electron chi connectivity index (χ4n) is 4.21. The van der Waals surface area contributed by atoms with E-state index in [4.69, 9.17) is 14.9 Å². The van der Waals surface area contributed by atoms with Gasteiger partial charge in [0.1, 0.15) is 0 Å². The minimum Gasteiger partial charge on any atom is -0.512 e. The molecule has 5 rings (SSSR count). The third-order valence-electron chi connectivity index (χ3n) is 5.43. The first-order valence-electron chi connectivity index (χ1n) is 10.5. The molecule has 0 unspecified atom stereocenters. The molecule has 0 saturated heterocycles. The van der Waals surface area contributed by atoms with Crippen molar-refractivity contribution in [2.45, 2.75) is 27.7 Å². The Morgan fingerprint density at radius 1 is 0.970 bits per heavy atom. The number of para-hydroxylation sites is 1. The summed E-state index contributed by atoms with van der Waals surface area (Å²) in [7, 11) is 0. The van der Waals surface area contributed by atoms with Crippen LogP contribution in [-0.2, 0) is 20.1 Å². The first-order chi connectivity index (χ1) is 15.4. The number of carbonyl (C=O) groups excluding carboxylic acids is 1. The summed E-state index contributed by atoms with van der Waals surface area (Å²) < 4.78 is 2.28. The molecule has 5 aromatic rings. The van der Waals surface area contributed by atoms with Crippen molar-refractivity contribution in [3.63, 3.8) is 0 Å². The number of imidazole rings is 1. The molecule has 0 bridgehead atoms. The summed E-state index contributed by atoms with van der Waals surface area (Å²) in [5.74, 6) is 0.250. The standard InChI is InChI=1S/C23H17N2.C5H8O2.Ir/c1-15-8-7-9-16(2)22(15)21-14-24-23-19-12-4-3-10-17(19)18-11-5-6-13-20(18)25(21)23;1-4(6)3-5(2)7;/h3-11,13-14H,1-2H3;3,6H,1-2H3;/q-1;;/p+1/b;4-3-;. The van der Waals surface area contributed by atoms with Crippen LogP contribution in [0.5, 0.6) is 0 Å². The molecule has 0 saturated carbocycles. The van der Waals surface area contributed by atoms with Gasteiger partial charge in [-0.2, -0.15) is 0 Å². The van der Waals surface area contributed by atoms with Crippen molar-refractivity contribution in [1.82, 2.24) is 9.38 Å². The normalized spacial score (nSPS) is 11.2. The van der Waals surface area contributed by atoms with E-state index < -0.39 is 0 Å². The van der Waals surface area contributed by atoms with Gasteiger partial charge in [0.25, 0.3) is 0 Å². The SMILES string of the molecule is CC(=[OH+])/C=C(/C)O.Cc1cccc(C)c1-c1cnc2c3[c-]cccc3c3ccccc3n12.[Ir]. The van der Waals surface area contributed by atoms with Crippen LogP contribution >= 0.6 is 0 Å². The zero-order valence-corrected chi connectivity index (χ0v) is 21.4. The number of allylic oxidation sites excluding steroid dienone is 2. The van der Waals surface area contributed by atoms with Gasteiger partial charge in [0.2, 0.25) is 0 Å². The van der Waals surface area contributed by atoms with Gasteiger partial charge >= 0.3 is 5.78 Å². The van der Waals surface area contributed by atoms with E-state index in [1.165, 1.54) is 52.9 Å². The van der Waals surface area contributed by atoms with Crippen molar-refractivity contribution in [2.24, 2.45) is 0 Å². The molecular formula is C28H26IrN2O2. The van der Waals surface area contributed by atoms with E-state index in [0.717, 1.165) is 16.7 Å². The Labute approximate surface area is 206 Å². The minimum absolute atomic E-state index is 0. The van der Waals surface area contributed by atoms with Gasteiger partial charge in [-0.3, -0.25) is 9.78 Å². The van der Waals surface area contributed by atoms with E-state index in [9.17, 15) is 0 Å². The molecule has 0 aliphatic heterocycles. The van der Waals surface area contributed by atoms with E-state index in [1.54, 1.807) is 0 Å². The summed E-state index contributed by atoms with van der Waals surface area (Å²) in [5, 5.41) is 11.9. The van der Waals surface area contributed by atoms with Crippen molar-refractivity contribution in [3.8, 4) is 11.3 Å². The number of hydrogen-bond donors (Lipinski definition) is 1. The summed E-state index contributed by atoms with van der Waals surface area (Å²) in [5.41, 5.74) is 7.08. The van der Waals surface area contributed by atoms with Gasteiger partial charge in [-0.1, -0.05) is 41.8 Å². The molecular weight excluding hydrogens is 589 g/mol. The van der Waals surface area contributed by atoms with E-state index in [-0.39, 0.29) is 31.6 Å². The summed E-state index contributed by atoms with van der Waals surface area (Å²) in [6.07, 6.45) is 3.28. The second kappa shape index (κ2) is 10.1. The Kier molecular flexibility index (Phi) is 7.47. The smallest absolute Gasteiger partial charge is 0.316 e. The van der Waals surface area contributed by atoms with E-state index in [0.29, 0.717) is 0 Å². The summed E-state index contributed by atoms with van der Waals surface area (Å²) >= 11 is 0. The number of pyridine rings is 1. The molecule has 0 fully saturated rings. The van der Waals surface area contributed by atoms with Gasteiger partial charge in [-0.05, 0) is 43.4 Å². The number of benzene rings is 3. The van der Waals surface area contributed by atoms with Crippen LogP contribution in [0.1, 0.15) is 25.0 Å². The molecule has 3 aromatic carbocycles. The summed E-state index contributed by atoms with van der Waals surface area (Å²) in [6, 6.07) is 24.5. The number of aliphatic hydroxyl groups is 1. The van der Waals surface area contributed by atoms with Crippen LogP contribution in [-0.4, -0.2) is 25.1 Å². The molecule has 33 heavy (non-hydrogen) atoms. The van der Waals surface area contributed by atoms with Gasteiger partial charge in [0.05, 0.1) is 30.1 Å². The number of hydrogen-bond acceptors (Lipinski definition) is 2. The maximum atomic E-state index is 8.40. The fraction of sp³-hybridized carbons (Fsp3) is 0.143. The Morgan fingerprint density at radius 2 is 1.64 bits per heavy atom. The quantitative estimate of drug-likeness (QED) is 0.0788. The van der Waals surface area contributed by atoms with Gasteiger partial charge in [-0.25, -0.2) is 0 Å². The Morgan fingerprint density at radius 3 is 2.27 bits per heavy atom. The van der Waals surface area contributed by atoms with Crippen molar-refractivity contribution in [3.05, 3.63) is 95.9 Å². The predicted molar refractivity (Wildman–Crippen MR) is 133 cm³/mol. The predicted octanol–water partition coefficient (Wildman–Crippen LogP) is 6.74. The zero-order chi connectivity index (χ0) is 22.8. The molecule has 2 aromatic heterocycles. The molecule has 4 nitrogen and oxygen atoms in total. The number of fused-ring (bicyclic) bond motifs is 6. The molecule has 5 heteroatoms. The molecule has 1 radical (unpaired) electrons. The Hall–Kier alpha value is -3.27. The molecule has 0 spiro atoms. The summed E-state index contributed by atoms with van der Waals surface area (Å²) in [4.78, 5) is 13.2. The Bertz CT molecular complexity index is 1470. The number of aromatic nitrogens is 2. The van der Waals surface area contributed by atoms with E-state index in [2.05, 4.69) is 72.8 Å². The second-order valence-electron chi connectivity index (χ2n) is 7.97. The molecule has 2 N–H and O–H groups in total. The average Bonchev–Trinajstić information content (AvgIpc) is 3.18. The first kappa shape index (κ1) is 24.4. The second-order valence-corrected chi connectivity index (χ2v) is 7.97. The van der Waals surface area contributed by atoms with Crippen LogP contribution in [0, 0.1) is 19.9 Å². The number of rotatable bonds is 2. The monoisotopic (exact) mass is 615 g/mol. The van der Waals surface area contributed by atoms with Crippen LogP contribution in [0.4, 0.5) is 0 Å². The van der Waals surface area contributed by atoms with Crippen molar-refractivity contribution in [2.75, 3.05) is 0 Å². The molecule has 0 amide bonds. The maximum absolute atomic E-state index is 8.40. The average molecular weight is 615 g/mol. The maximum Gasteiger partial charge on any atom is 0.316 e. The van der Waals surface area contributed by atoms with E-state index >= 15 is 0 Å².